The molecule has 6 nitrogen and oxygen atoms in total. The van der Waals surface area contributed by atoms with E-state index in [2.05, 4.69) is 4.98 Å². The molecule has 2 aliphatic heterocycles. The van der Waals surface area contributed by atoms with Crippen molar-refractivity contribution in [3.8, 4) is 0 Å². The molecule has 1 atom stereocenters. The summed E-state index contributed by atoms with van der Waals surface area (Å²) >= 11 is 1.40. The minimum Gasteiger partial charge on any atom is -0.342 e. The standard InChI is InChI=1S/C19H29N3O3S2/c1-16(19(23)21-11-5-2-3-6-12-21)26-18-10-9-17(15-20-18)27(24,25)22-13-7-4-8-14-22/h9-10,15-16H,2-8,11-14H2,1H3. The second kappa shape index (κ2) is 9.39. The zero-order valence-electron chi connectivity index (χ0n) is 16.0. The number of rotatable bonds is 5. The normalized spacial score (nSPS) is 20.9. The van der Waals surface area contributed by atoms with Crippen LogP contribution in [-0.2, 0) is 14.8 Å². The lowest BCUT2D eigenvalue weighted by molar-refractivity contribution is -0.130. The lowest BCUT2D eigenvalue weighted by Gasteiger charge is -2.25. The Morgan fingerprint density at radius 1 is 1.00 bits per heavy atom. The molecule has 0 aromatic carbocycles. The molecule has 3 heterocycles. The molecule has 0 bridgehead atoms. The Morgan fingerprint density at radius 2 is 1.59 bits per heavy atom. The van der Waals surface area contributed by atoms with Crippen LogP contribution in [0.3, 0.4) is 0 Å². The summed E-state index contributed by atoms with van der Waals surface area (Å²) in [5.41, 5.74) is 0. The van der Waals surface area contributed by atoms with Crippen molar-refractivity contribution < 1.29 is 13.2 Å². The SMILES string of the molecule is CC(Sc1ccc(S(=O)(=O)N2CCCCC2)cn1)C(=O)N1CCCCCC1. The van der Waals surface area contributed by atoms with E-state index in [9.17, 15) is 13.2 Å². The fraction of sp³-hybridized carbons (Fsp3) is 0.684. The maximum Gasteiger partial charge on any atom is 0.244 e. The van der Waals surface area contributed by atoms with Crippen LogP contribution in [0.4, 0.5) is 0 Å². The molecular formula is C19H29N3O3S2. The number of nitrogens with zero attached hydrogens (tertiary/aromatic N) is 3. The van der Waals surface area contributed by atoms with Crippen LogP contribution < -0.4 is 0 Å². The first kappa shape index (κ1) is 20.6. The van der Waals surface area contributed by atoms with E-state index in [1.807, 2.05) is 11.8 Å². The highest BCUT2D eigenvalue weighted by atomic mass is 32.2. The topological polar surface area (TPSA) is 70.6 Å². The molecule has 0 spiro atoms. The molecule has 0 radical (unpaired) electrons. The van der Waals surface area contributed by atoms with Crippen molar-refractivity contribution in [2.24, 2.45) is 0 Å². The van der Waals surface area contributed by atoms with Gasteiger partial charge in [-0.25, -0.2) is 13.4 Å². The molecule has 2 saturated heterocycles. The van der Waals surface area contributed by atoms with Crippen molar-refractivity contribution in [2.75, 3.05) is 26.2 Å². The highest BCUT2D eigenvalue weighted by Crippen LogP contribution is 2.26. The first-order valence-electron chi connectivity index (χ1n) is 9.90. The lowest BCUT2D eigenvalue weighted by atomic mass is 10.2. The number of hydrogen-bond donors (Lipinski definition) is 0. The fourth-order valence-electron chi connectivity index (χ4n) is 3.62. The van der Waals surface area contributed by atoms with Crippen LogP contribution in [0.25, 0.3) is 0 Å². The highest BCUT2D eigenvalue weighted by Gasteiger charge is 2.27. The Bertz CT molecular complexity index is 723. The van der Waals surface area contributed by atoms with E-state index in [0.29, 0.717) is 18.1 Å². The van der Waals surface area contributed by atoms with Crippen molar-refractivity contribution in [1.29, 1.82) is 0 Å². The number of amides is 1. The molecule has 1 unspecified atom stereocenters. The van der Waals surface area contributed by atoms with E-state index in [1.54, 1.807) is 16.4 Å². The quantitative estimate of drug-likeness (QED) is 0.696. The summed E-state index contributed by atoms with van der Waals surface area (Å²) in [7, 11) is -3.46. The number of carbonyl (C=O) groups excluding carboxylic acids is 1. The smallest absolute Gasteiger partial charge is 0.244 e. The maximum absolute atomic E-state index is 12.7. The van der Waals surface area contributed by atoms with E-state index in [4.69, 9.17) is 0 Å². The molecule has 1 aromatic rings. The zero-order chi connectivity index (χ0) is 19.3. The third-order valence-electron chi connectivity index (χ3n) is 5.23. The third-order valence-corrected chi connectivity index (χ3v) is 8.15. The van der Waals surface area contributed by atoms with Gasteiger partial charge in [-0.2, -0.15) is 4.31 Å². The van der Waals surface area contributed by atoms with Crippen LogP contribution in [0.5, 0.6) is 0 Å². The molecule has 1 aromatic heterocycles. The van der Waals surface area contributed by atoms with E-state index in [0.717, 1.165) is 45.2 Å². The second-order valence-electron chi connectivity index (χ2n) is 7.30. The highest BCUT2D eigenvalue weighted by molar-refractivity contribution is 8.00. The van der Waals surface area contributed by atoms with Gasteiger partial charge in [-0.1, -0.05) is 31.0 Å². The largest absolute Gasteiger partial charge is 0.342 e. The average molecular weight is 412 g/mol. The van der Waals surface area contributed by atoms with Crippen molar-refractivity contribution in [2.45, 2.75) is 67.0 Å². The number of piperidine rings is 1. The Kier molecular flexibility index (Phi) is 7.16. The minimum atomic E-state index is -3.46. The first-order chi connectivity index (χ1) is 13.0. The van der Waals surface area contributed by atoms with Crippen LogP contribution in [0.15, 0.2) is 28.3 Å². The van der Waals surface area contributed by atoms with Gasteiger partial charge >= 0.3 is 0 Å². The Labute approximate surface area is 166 Å². The number of thioether (sulfide) groups is 1. The van der Waals surface area contributed by atoms with Crippen LogP contribution >= 0.6 is 11.8 Å². The maximum atomic E-state index is 12.7. The third kappa shape index (κ3) is 5.23. The van der Waals surface area contributed by atoms with Gasteiger partial charge in [0.2, 0.25) is 15.9 Å². The molecule has 2 aliphatic rings. The fourth-order valence-corrected chi connectivity index (χ4v) is 5.96. The Balaban J connectivity index is 1.62. The summed E-state index contributed by atoms with van der Waals surface area (Å²) in [5, 5.41) is 0.461. The number of likely N-dealkylation sites (tertiary alicyclic amines) is 1. The molecule has 150 valence electrons. The van der Waals surface area contributed by atoms with Gasteiger partial charge in [0.1, 0.15) is 4.90 Å². The lowest BCUT2D eigenvalue weighted by Crippen LogP contribution is -2.37. The van der Waals surface area contributed by atoms with Crippen LogP contribution in [0.1, 0.15) is 51.9 Å². The zero-order valence-corrected chi connectivity index (χ0v) is 17.6. The monoisotopic (exact) mass is 411 g/mol. The van der Waals surface area contributed by atoms with Crippen LogP contribution in [0, 0.1) is 0 Å². The van der Waals surface area contributed by atoms with Gasteiger partial charge in [0.05, 0.1) is 10.3 Å². The number of aromatic nitrogens is 1. The predicted octanol–water partition coefficient (Wildman–Crippen LogP) is 3.14. The van der Waals surface area contributed by atoms with Crippen LogP contribution in [-0.4, -0.2) is 59.9 Å². The van der Waals surface area contributed by atoms with Crippen LogP contribution in [0.2, 0.25) is 0 Å². The van der Waals surface area contributed by atoms with Gasteiger partial charge in [-0.15, -0.1) is 0 Å². The van der Waals surface area contributed by atoms with Gasteiger partial charge < -0.3 is 4.90 Å². The van der Waals surface area contributed by atoms with Crippen molar-refractivity contribution in [3.05, 3.63) is 18.3 Å². The Morgan fingerprint density at radius 3 is 2.19 bits per heavy atom. The number of hydrogen-bond acceptors (Lipinski definition) is 5. The molecule has 0 saturated carbocycles. The average Bonchev–Trinajstić information content (AvgIpc) is 2.98. The van der Waals surface area contributed by atoms with Gasteiger partial charge in [-0.05, 0) is 44.7 Å². The summed E-state index contributed by atoms with van der Waals surface area (Å²) in [6, 6.07) is 3.33. The summed E-state index contributed by atoms with van der Waals surface area (Å²) in [6.07, 6.45) is 8.88. The van der Waals surface area contributed by atoms with E-state index in [-0.39, 0.29) is 16.1 Å². The number of carbonyl (C=O) groups is 1. The van der Waals surface area contributed by atoms with E-state index in [1.165, 1.54) is 30.8 Å². The molecule has 1 amide bonds. The van der Waals surface area contributed by atoms with Gasteiger partial charge in [0, 0.05) is 32.4 Å². The molecule has 0 aliphatic carbocycles. The van der Waals surface area contributed by atoms with Gasteiger partial charge in [0.25, 0.3) is 0 Å². The van der Waals surface area contributed by atoms with E-state index < -0.39 is 10.0 Å². The molecule has 8 heteroatoms. The summed E-state index contributed by atoms with van der Waals surface area (Å²) in [4.78, 5) is 19.2. The predicted molar refractivity (Wildman–Crippen MR) is 107 cm³/mol. The minimum absolute atomic E-state index is 0.147. The number of sulfonamides is 1. The first-order valence-corrected chi connectivity index (χ1v) is 12.2. The second-order valence-corrected chi connectivity index (χ2v) is 10.6. The van der Waals surface area contributed by atoms with Crippen molar-refractivity contribution in [3.63, 3.8) is 0 Å². The summed E-state index contributed by atoms with van der Waals surface area (Å²) < 4.78 is 26.9. The number of pyridine rings is 1. The molecular weight excluding hydrogens is 382 g/mol. The summed E-state index contributed by atoms with van der Waals surface area (Å²) in [6.45, 7) is 4.74. The van der Waals surface area contributed by atoms with E-state index >= 15 is 0 Å². The Hall–Kier alpha value is -1.12. The molecule has 27 heavy (non-hydrogen) atoms. The van der Waals surface area contributed by atoms with Gasteiger partial charge in [-0.3, -0.25) is 4.79 Å². The van der Waals surface area contributed by atoms with Gasteiger partial charge in [0.15, 0.2) is 0 Å². The molecule has 0 N–H and O–H groups in total. The molecule has 2 fully saturated rings. The summed E-state index contributed by atoms with van der Waals surface area (Å²) in [5.74, 6) is 0.147. The molecule has 3 rings (SSSR count). The van der Waals surface area contributed by atoms with Crippen molar-refractivity contribution >= 4 is 27.7 Å². The van der Waals surface area contributed by atoms with Crippen molar-refractivity contribution in [1.82, 2.24) is 14.2 Å².